The van der Waals surface area contributed by atoms with Gasteiger partial charge in [-0.1, -0.05) is 6.92 Å². The predicted molar refractivity (Wildman–Crippen MR) is 88.7 cm³/mol. The van der Waals surface area contributed by atoms with Crippen molar-refractivity contribution in [1.82, 2.24) is 4.90 Å². The normalized spacial score (nSPS) is 22.2. The quantitative estimate of drug-likeness (QED) is 0.640. The molecule has 0 saturated carbocycles. The second-order valence-corrected chi connectivity index (χ2v) is 7.00. The lowest BCUT2D eigenvalue weighted by atomic mass is 9.90. The van der Waals surface area contributed by atoms with Gasteiger partial charge in [0.25, 0.3) is 0 Å². The molecule has 0 aliphatic carbocycles. The van der Waals surface area contributed by atoms with E-state index < -0.39 is 5.60 Å². The Morgan fingerprint density at radius 2 is 1.87 bits per heavy atom. The zero-order valence-corrected chi connectivity index (χ0v) is 15.4. The van der Waals surface area contributed by atoms with Crippen LogP contribution in [0, 0.1) is 0 Å². The van der Waals surface area contributed by atoms with Gasteiger partial charge in [0, 0.05) is 13.7 Å². The van der Waals surface area contributed by atoms with Crippen LogP contribution in [-0.4, -0.2) is 68.8 Å². The van der Waals surface area contributed by atoms with Gasteiger partial charge >= 0.3 is 6.09 Å². The molecule has 136 valence electrons. The topological polar surface area (TPSA) is 57.2 Å². The average molecular weight is 331 g/mol. The molecule has 1 rings (SSSR count). The molecule has 0 spiro atoms. The van der Waals surface area contributed by atoms with Crippen molar-refractivity contribution in [3.8, 4) is 0 Å². The van der Waals surface area contributed by atoms with Gasteiger partial charge in [-0.3, -0.25) is 0 Å². The number of carbonyl (C=O) groups is 1. The first-order chi connectivity index (χ1) is 10.8. The smallest absolute Gasteiger partial charge is 0.410 e. The number of ether oxygens (including phenoxy) is 4. The standard InChI is InChI=1S/C17H33NO5/c1-6-17(22-13-12-21-11-10-20-5)8-7-9-18(14-17)15(19)23-16(2,3)4/h6-14H2,1-5H3. The summed E-state index contributed by atoms with van der Waals surface area (Å²) in [5, 5.41) is 0. The molecular weight excluding hydrogens is 298 g/mol. The van der Waals surface area contributed by atoms with E-state index in [4.69, 9.17) is 18.9 Å². The van der Waals surface area contributed by atoms with Gasteiger partial charge in [-0.25, -0.2) is 4.79 Å². The summed E-state index contributed by atoms with van der Waals surface area (Å²) in [6.07, 6.45) is 2.50. The second-order valence-electron chi connectivity index (χ2n) is 7.00. The lowest BCUT2D eigenvalue weighted by molar-refractivity contribution is -0.107. The molecule has 1 amide bonds. The molecule has 0 radical (unpaired) electrons. The van der Waals surface area contributed by atoms with E-state index in [1.54, 1.807) is 12.0 Å². The maximum absolute atomic E-state index is 12.3. The first-order valence-electron chi connectivity index (χ1n) is 8.50. The van der Waals surface area contributed by atoms with Crippen molar-refractivity contribution in [2.75, 3.05) is 46.6 Å². The summed E-state index contributed by atoms with van der Waals surface area (Å²) in [7, 11) is 1.65. The van der Waals surface area contributed by atoms with Crippen molar-refractivity contribution >= 4 is 6.09 Å². The fraction of sp³-hybridized carbons (Fsp3) is 0.941. The van der Waals surface area contributed by atoms with E-state index in [1.165, 1.54) is 0 Å². The van der Waals surface area contributed by atoms with E-state index in [9.17, 15) is 4.79 Å². The third kappa shape index (κ3) is 7.50. The monoisotopic (exact) mass is 331 g/mol. The van der Waals surface area contributed by atoms with Crippen molar-refractivity contribution in [2.24, 2.45) is 0 Å². The van der Waals surface area contributed by atoms with E-state index in [2.05, 4.69) is 6.92 Å². The molecular formula is C17H33NO5. The maximum Gasteiger partial charge on any atom is 0.410 e. The Kier molecular flexibility index (Phi) is 8.29. The first-order valence-corrected chi connectivity index (χ1v) is 8.50. The summed E-state index contributed by atoms with van der Waals surface area (Å²) in [5.41, 5.74) is -0.765. The molecule has 23 heavy (non-hydrogen) atoms. The van der Waals surface area contributed by atoms with Gasteiger partial charge in [0.15, 0.2) is 0 Å². The van der Waals surface area contributed by atoms with E-state index in [1.807, 2.05) is 20.8 Å². The van der Waals surface area contributed by atoms with Gasteiger partial charge in [-0.05, 0) is 40.0 Å². The van der Waals surface area contributed by atoms with Crippen molar-refractivity contribution in [1.29, 1.82) is 0 Å². The summed E-state index contributed by atoms with van der Waals surface area (Å²) < 4.78 is 21.9. The summed E-state index contributed by atoms with van der Waals surface area (Å²) in [5.74, 6) is 0. The van der Waals surface area contributed by atoms with Crippen LogP contribution in [0.5, 0.6) is 0 Å². The Morgan fingerprint density at radius 1 is 1.17 bits per heavy atom. The van der Waals surface area contributed by atoms with Crippen LogP contribution in [0.2, 0.25) is 0 Å². The average Bonchev–Trinajstić information content (AvgIpc) is 2.49. The molecule has 0 N–H and O–H groups in total. The molecule has 6 heteroatoms. The number of hydrogen-bond donors (Lipinski definition) is 0. The van der Waals surface area contributed by atoms with E-state index in [0.717, 1.165) is 25.8 Å². The second kappa shape index (κ2) is 9.45. The number of rotatable bonds is 8. The molecule has 1 fully saturated rings. The van der Waals surface area contributed by atoms with Gasteiger partial charge in [-0.15, -0.1) is 0 Å². The molecule has 1 saturated heterocycles. The van der Waals surface area contributed by atoms with Crippen molar-refractivity contribution < 1.29 is 23.7 Å². The van der Waals surface area contributed by atoms with Crippen LogP contribution in [0.1, 0.15) is 47.0 Å². The van der Waals surface area contributed by atoms with Crippen LogP contribution >= 0.6 is 0 Å². The number of methoxy groups -OCH3 is 1. The van der Waals surface area contributed by atoms with E-state index in [0.29, 0.717) is 33.0 Å². The van der Waals surface area contributed by atoms with Gasteiger partial charge in [0.05, 0.1) is 38.6 Å². The highest BCUT2D eigenvalue weighted by Crippen LogP contribution is 2.29. The highest BCUT2D eigenvalue weighted by molar-refractivity contribution is 5.68. The highest BCUT2D eigenvalue weighted by atomic mass is 16.6. The lowest BCUT2D eigenvalue weighted by Crippen LogP contribution is -2.52. The summed E-state index contributed by atoms with van der Waals surface area (Å²) in [4.78, 5) is 14.0. The number of piperidine rings is 1. The van der Waals surface area contributed by atoms with Crippen LogP contribution in [0.3, 0.4) is 0 Å². The van der Waals surface area contributed by atoms with Gasteiger partial charge in [-0.2, -0.15) is 0 Å². The summed E-state index contributed by atoms with van der Waals surface area (Å²) in [6, 6.07) is 0. The van der Waals surface area contributed by atoms with Crippen LogP contribution in [0.15, 0.2) is 0 Å². The molecule has 0 aromatic rings. The SMILES string of the molecule is CCC1(OCCOCCOC)CCCN(C(=O)OC(C)(C)C)C1. The molecule has 1 heterocycles. The van der Waals surface area contributed by atoms with E-state index >= 15 is 0 Å². The Morgan fingerprint density at radius 3 is 2.48 bits per heavy atom. The number of nitrogens with zero attached hydrogens (tertiary/aromatic N) is 1. The third-order valence-corrected chi connectivity index (χ3v) is 3.90. The number of hydrogen-bond acceptors (Lipinski definition) is 5. The summed E-state index contributed by atoms with van der Waals surface area (Å²) in [6.45, 7) is 11.3. The van der Waals surface area contributed by atoms with Crippen LogP contribution in [0.4, 0.5) is 4.79 Å². The largest absolute Gasteiger partial charge is 0.444 e. The van der Waals surface area contributed by atoms with Gasteiger partial charge in [0.1, 0.15) is 5.60 Å². The third-order valence-electron chi connectivity index (χ3n) is 3.90. The minimum atomic E-state index is -0.473. The first kappa shape index (κ1) is 20.2. The molecule has 1 unspecified atom stereocenters. The molecule has 0 aromatic heterocycles. The Balaban J connectivity index is 2.46. The Labute approximate surface area is 140 Å². The van der Waals surface area contributed by atoms with Gasteiger partial charge in [0.2, 0.25) is 0 Å². The molecule has 6 nitrogen and oxygen atoms in total. The number of amides is 1. The molecule has 1 aliphatic heterocycles. The fourth-order valence-corrected chi connectivity index (χ4v) is 2.65. The van der Waals surface area contributed by atoms with Crippen molar-refractivity contribution in [3.05, 3.63) is 0 Å². The fourth-order valence-electron chi connectivity index (χ4n) is 2.65. The van der Waals surface area contributed by atoms with Gasteiger partial charge < -0.3 is 23.8 Å². The molecule has 1 atom stereocenters. The zero-order valence-electron chi connectivity index (χ0n) is 15.4. The Hall–Kier alpha value is -0.850. The van der Waals surface area contributed by atoms with Crippen LogP contribution < -0.4 is 0 Å². The molecule has 0 bridgehead atoms. The predicted octanol–water partition coefficient (Wildman–Crippen LogP) is 2.85. The van der Waals surface area contributed by atoms with E-state index in [-0.39, 0.29) is 11.7 Å². The van der Waals surface area contributed by atoms with Crippen molar-refractivity contribution in [3.63, 3.8) is 0 Å². The number of carbonyl (C=O) groups excluding carboxylic acids is 1. The molecule has 0 aromatic carbocycles. The lowest BCUT2D eigenvalue weighted by Gasteiger charge is -2.42. The van der Waals surface area contributed by atoms with Crippen molar-refractivity contribution in [2.45, 2.75) is 58.2 Å². The summed E-state index contributed by atoms with van der Waals surface area (Å²) >= 11 is 0. The van der Waals surface area contributed by atoms with Crippen LogP contribution in [0.25, 0.3) is 0 Å². The minimum absolute atomic E-state index is 0.255. The van der Waals surface area contributed by atoms with Crippen LogP contribution in [-0.2, 0) is 18.9 Å². The molecule has 1 aliphatic rings. The zero-order chi connectivity index (χ0) is 17.3. The maximum atomic E-state index is 12.3. The highest BCUT2D eigenvalue weighted by Gasteiger charge is 2.38. The Bertz CT molecular complexity index is 355. The minimum Gasteiger partial charge on any atom is -0.444 e. The number of likely N-dealkylation sites (tertiary alicyclic amines) is 1.